The van der Waals surface area contributed by atoms with Crippen molar-refractivity contribution >= 4 is 49.4 Å². The number of amides is 1. The van der Waals surface area contributed by atoms with Gasteiger partial charge in [0.25, 0.3) is 11.5 Å². The van der Waals surface area contributed by atoms with Gasteiger partial charge in [0.15, 0.2) is 5.82 Å². The molecule has 0 atom stereocenters. The van der Waals surface area contributed by atoms with Crippen molar-refractivity contribution in [2.45, 2.75) is 6.92 Å². The van der Waals surface area contributed by atoms with Crippen LogP contribution < -0.4 is 19.7 Å². The zero-order valence-electron chi connectivity index (χ0n) is 16.0. The van der Waals surface area contributed by atoms with Crippen LogP contribution in [0.15, 0.2) is 51.7 Å². The molecule has 0 saturated carbocycles. The Morgan fingerprint density at radius 1 is 1.13 bits per heavy atom. The van der Waals surface area contributed by atoms with Crippen molar-refractivity contribution in [3.05, 3.63) is 67.4 Å². The number of methoxy groups -OCH3 is 1. The van der Waals surface area contributed by atoms with E-state index in [-0.39, 0.29) is 11.5 Å². The van der Waals surface area contributed by atoms with Crippen LogP contribution in [0.2, 0.25) is 0 Å². The fourth-order valence-corrected chi connectivity index (χ4v) is 5.02. The summed E-state index contributed by atoms with van der Waals surface area (Å²) in [7, 11) is 1.58. The van der Waals surface area contributed by atoms with E-state index in [2.05, 4.69) is 26.0 Å². The first-order valence-corrected chi connectivity index (χ1v) is 10.8. The summed E-state index contributed by atoms with van der Waals surface area (Å²) in [6.45, 7) is 2.43. The highest BCUT2D eigenvalue weighted by Crippen LogP contribution is 2.37. The quantitative estimate of drug-likeness (QED) is 0.448. The van der Waals surface area contributed by atoms with Crippen LogP contribution in [0, 0.1) is 0 Å². The van der Waals surface area contributed by atoms with Crippen LogP contribution in [-0.2, 0) is 4.79 Å². The third-order valence-corrected chi connectivity index (χ3v) is 6.55. The molecule has 1 amide bonds. The lowest BCUT2D eigenvalue weighted by molar-refractivity contribution is -0.113. The van der Waals surface area contributed by atoms with Gasteiger partial charge in [0.05, 0.1) is 23.9 Å². The van der Waals surface area contributed by atoms with Crippen LogP contribution in [0.25, 0.3) is 21.9 Å². The maximum absolute atomic E-state index is 13.2. The fraction of sp³-hybridized carbons (Fsp3) is 0.143. The highest BCUT2D eigenvalue weighted by Gasteiger charge is 2.33. The summed E-state index contributed by atoms with van der Waals surface area (Å²) >= 11 is 4.63. The number of likely N-dealkylation sites (N-methyl/N-ethyl adjacent to an activating group) is 1. The number of aromatic nitrogens is 3. The first-order chi connectivity index (χ1) is 14.5. The number of carbonyl (C=O) groups is 1. The van der Waals surface area contributed by atoms with Crippen molar-refractivity contribution in [3.63, 3.8) is 0 Å². The molecular formula is C21H15BrN4O3S. The summed E-state index contributed by atoms with van der Waals surface area (Å²) < 4.78 is 7.82. The second kappa shape index (κ2) is 7.03. The van der Waals surface area contributed by atoms with Crippen LogP contribution in [0.3, 0.4) is 0 Å². The summed E-state index contributed by atoms with van der Waals surface area (Å²) in [5.74, 6) is 0.849. The first kappa shape index (κ1) is 19.0. The van der Waals surface area contributed by atoms with Crippen molar-refractivity contribution in [1.29, 1.82) is 0 Å². The number of nitrogens with zero attached hydrogens (tertiary/aromatic N) is 4. The van der Waals surface area contributed by atoms with E-state index in [1.165, 1.54) is 15.9 Å². The van der Waals surface area contributed by atoms with Crippen molar-refractivity contribution < 1.29 is 9.53 Å². The first-order valence-electron chi connectivity index (χ1n) is 9.22. The van der Waals surface area contributed by atoms with E-state index in [4.69, 9.17) is 4.74 Å². The molecule has 150 valence electrons. The minimum absolute atomic E-state index is 0.183. The van der Waals surface area contributed by atoms with E-state index in [0.717, 1.165) is 15.7 Å². The predicted molar refractivity (Wildman–Crippen MR) is 119 cm³/mol. The Bertz CT molecular complexity index is 1440. The summed E-state index contributed by atoms with van der Waals surface area (Å²) in [5, 5.41) is 4.40. The van der Waals surface area contributed by atoms with Crippen LogP contribution in [-0.4, -0.2) is 34.2 Å². The molecule has 0 fully saturated rings. The number of hydrogen-bond donors (Lipinski definition) is 0. The third kappa shape index (κ3) is 2.69. The topological polar surface area (TPSA) is 76.8 Å². The molecule has 0 unspecified atom stereocenters. The molecule has 2 aromatic heterocycles. The number of ether oxygens (including phenoxy) is 1. The molecule has 3 heterocycles. The minimum Gasteiger partial charge on any atom is -0.496 e. The van der Waals surface area contributed by atoms with Gasteiger partial charge < -0.3 is 9.64 Å². The molecule has 0 aliphatic carbocycles. The molecule has 0 spiro atoms. The SMILES string of the molecule is CCN1C(=O)C(=c2sc3nc(-c4ccccc4OC)nn3c2=O)c2cc(Br)ccc21. The Labute approximate surface area is 183 Å². The van der Waals surface area contributed by atoms with Gasteiger partial charge in [-0.2, -0.15) is 9.50 Å². The normalized spacial score (nSPS) is 15.2. The van der Waals surface area contributed by atoms with E-state index < -0.39 is 0 Å². The average Bonchev–Trinajstić information content (AvgIpc) is 3.38. The van der Waals surface area contributed by atoms with Crippen molar-refractivity contribution in [1.82, 2.24) is 14.6 Å². The highest BCUT2D eigenvalue weighted by atomic mass is 79.9. The lowest BCUT2D eigenvalue weighted by Crippen LogP contribution is -2.32. The van der Waals surface area contributed by atoms with Gasteiger partial charge in [0.2, 0.25) is 4.96 Å². The Morgan fingerprint density at radius 2 is 1.93 bits per heavy atom. The Kier molecular flexibility index (Phi) is 4.44. The zero-order chi connectivity index (χ0) is 21.0. The number of fused-ring (bicyclic) bond motifs is 2. The van der Waals surface area contributed by atoms with E-state index in [1.54, 1.807) is 12.0 Å². The number of anilines is 1. The Hall–Kier alpha value is -3.04. The zero-order valence-corrected chi connectivity index (χ0v) is 18.5. The second-order valence-corrected chi connectivity index (χ2v) is 8.55. The monoisotopic (exact) mass is 482 g/mol. The minimum atomic E-state index is -0.351. The maximum Gasteiger partial charge on any atom is 0.291 e. The number of carbonyl (C=O) groups excluding carboxylic acids is 1. The third-order valence-electron chi connectivity index (χ3n) is 5.03. The van der Waals surface area contributed by atoms with Crippen molar-refractivity contribution in [2.75, 3.05) is 18.6 Å². The largest absolute Gasteiger partial charge is 0.496 e. The molecule has 0 radical (unpaired) electrons. The number of hydrogen-bond acceptors (Lipinski definition) is 6. The highest BCUT2D eigenvalue weighted by molar-refractivity contribution is 9.10. The Balaban J connectivity index is 1.75. The molecule has 5 rings (SSSR count). The van der Waals surface area contributed by atoms with E-state index >= 15 is 0 Å². The number of rotatable bonds is 3. The molecule has 30 heavy (non-hydrogen) atoms. The molecule has 0 N–H and O–H groups in total. The predicted octanol–water partition coefficient (Wildman–Crippen LogP) is 2.87. The lowest BCUT2D eigenvalue weighted by atomic mass is 10.1. The van der Waals surface area contributed by atoms with Gasteiger partial charge in [-0.25, -0.2) is 0 Å². The second-order valence-electron chi connectivity index (χ2n) is 6.65. The smallest absolute Gasteiger partial charge is 0.291 e. The van der Waals surface area contributed by atoms with Crippen LogP contribution in [0.5, 0.6) is 5.75 Å². The van der Waals surface area contributed by atoms with Crippen molar-refractivity contribution in [3.8, 4) is 17.1 Å². The van der Waals surface area contributed by atoms with E-state index in [0.29, 0.717) is 38.7 Å². The molecule has 0 bridgehead atoms. The van der Waals surface area contributed by atoms with Gasteiger partial charge in [-0.3, -0.25) is 9.59 Å². The molecule has 1 aliphatic rings. The standard InChI is InChI=1S/C21H15BrN4O3S/c1-3-25-14-9-8-11(22)10-13(14)16(19(25)27)17-20(28)26-21(30-17)23-18(24-26)12-6-4-5-7-15(12)29-2/h4-10H,3H2,1-2H3. The van der Waals surface area contributed by atoms with Crippen LogP contribution in [0.4, 0.5) is 5.69 Å². The Morgan fingerprint density at radius 3 is 2.67 bits per heavy atom. The summed E-state index contributed by atoms with van der Waals surface area (Å²) in [6.07, 6.45) is 0. The molecular weight excluding hydrogens is 468 g/mol. The van der Waals surface area contributed by atoms with Gasteiger partial charge in [-0.1, -0.05) is 39.4 Å². The molecule has 4 aromatic rings. The lowest BCUT2D eigenvalue weighted by Gasteiger charge is -2.13. The number of thiazole rings is 1. The summed E-state index contributed by atoms with van der Waals surface area (Å²) in [4.78, 5) is 32.9. The number of benzene rings is 2. The van der Waals surface area contributed by atoms with Gasteiger partial charge in [0.1, 0.15) is 10.3 Å². The fourth-order valence-electron chi connectivity index (χ4n) is 3.67. The van der Waals surface area contributed by atoms with Gasteiger partial charge in [0, 0.05) is 16.6 Å². The van der Waals surface area contributed by atoms with Crippen LogP contribution in [0.1, 0.15) is 12.5 Å². The van der Waals surface area contributed by atoms with Crippen LogP contribution >= 0.6 is 27.3 Å². The molecule has 2 aromatic carbocycles. The number of halogens is 1. The maximum atomic E-state index is 13.2. The van der Waals surface area contributed by atoms with Gasteiger partial charge in [-0.05, 0) is 37.3 Å². The number of para-hydroxylation sites is 1. The molecule has 9 heteroatoms. The average molecular weight is 483 g/mol. The van der Waals surface area contributed by atoms with Gasteiger partial charge >= 0.3 is 0 Å². The summed E-state index contributed by atoms with van der Waals surface area (Å²) in [5.41, 5.74) is 2.29. The van der Waals surface area contributed by atoms with E-state index in [1.807, 2.05) is 49.4 Å². The van der Waals surface area contributed by atoms with Crippen molar-refractivity contribution in [2.24, 2.45) is 0 Å². The molecule has 1 aliphatic heterocycles. The van der Waals surface area contributed by atoms with E-state index in [9.17, 15) is 9.59 Å². The summed E-state index contributed by atoms with van der Waals surface area (Å²) in [6, 6.07) is 13.0. The van der Waals surface area contributed by atoms with Gasteiger partial charge in [-0.15, -0.1) is 5.10 Å². The molecule has 7 nitrogen and oxygen atoms in total. The molecule has 0 saturated heterocycles.